The zero-order chi connectivity index (χ0) is 56.1. The van der Waals surface area contributed by atoms with Gasteiger partial charge in [0, 0.05) is 50.0 Å². The van der Waals surface area contributed by atoms with Gasteiger partial charge in [0.1, 0.15) is 16.7 Å². The average molecular weight is 1060 g/mol. The van der Waals surface area contributed by atoms with E-state index in [-0.39, 0.29) is 5.41 Å². The molecule has 10 aromatic carbocycles. The van der Waals surface area contributed by atoms with E-state index in [0.29, 0.717) is 23.7 Å². The Kier molecular flexibility index (Phi) is 12.7. The summed E-state index contributed by atoms with van der Waals surface area (Å²) in [5, 5.41) is 4.27. The van der Waals surface area contributed by atoms with E-state index in [9.17, 15) is 0 Å². The SMILES string of the molecule is CC(C)c1ccc(N(c2ccc(C(C)C)cc2)c2cc3c(c4c2oc2ccccc24)-c2c(cc(N(c4ccc(C(C)C)cc4)c4ccc(C(C)C)cc4)c4c2oc2ccc(C(C)(C)C)cc24)C3(c2ccccc2)c2ccccc2)cc1. The second-order valence-electron chi connectivity index (χ2n) is 24.8. The number of nitrogens with zero attached hydrogens (tertiary/aromatic N) is 2. The first-order chi connectivity index (χ1) is 39.1. The molecule has 0 radical (unpaired) electrons. The molecular formula is C77H72N2O2. The van der Waals surface area contributed by atoms with Crippen LogP contribution in [0.3, 0.4) is 0 Å². The number of hydrogen-bond acceptors (Lipinski definition) is 4. The molecule has 0 spiro atoms. The number of rotatable bonds is 12. The van der Waals surface area contributed by atoms with Gasteiger partial charge in [-0.15, -0.1) is 0 Å². The maximum atomic E-state index is 7.70. The number of para-hydroxylation sites is 1. The summed E-state index contributed by atoms with van der Waals surface area (Å²) in [5.41, 5.74) is 21.9. The molecule has 12 aromatic rings. The fourth-order valence-electron chi connectivity index (χ4n) is 12.9. The van der Waals surface area contributed by atoms with Gasteiger partial charge in [-0.3, -0.25) is 0 Å². The van der Waals surface area contributed by atoms with Crippen molar-refractivity contribution in [1.82, 2.24) is 0 Å². The monoisotopic (exact) mass is 1060 g/mol. The second-order valence-corrected chi connectivity index (χ2v) is 24.8. The van der Waals surface area contributed by atoms with Crippen molar-refractivity contribution in [3.8, 4) is 11.1 Å². The van der Waals surface area contributed by atoms with Gasteiger partial charge in [-0.1, -0.05) is 210 Å². The summed E-state index contributed by atoms with van der Waals surface area (Å²) in [6.07, 6.45) is 0. The van der Waals surface area contributed by atoms with E-state index in [0.717, 1.165) is 111 Å². The molecular weight excluding hydrogens is 985 g/mol. The number of anilines is 6. The van der Waals surface area contributed by atoms with Gasteiger partial charge in [0.05, 0.1) is 22.2 Å². The summed E-state index contributed by atoms with van der Waals surface area (Å²) in [7, 11) is 0. The Morgan fingerprint density at radius 3 is 1.21 bits per heavy atom. The van der Waals surface area contributed by atoms with Crippen LogP contribution in [0.15, 0.2) is 221 Å². The highest BCUT2D eigenvalue weighted by atomic mass is 16.3. The van der Waals surface area contributed by atoms with Crippen molar-refractivity contribution in [3.63, 3.8) is 0 Å². The smallest absolute Gasteiger partial charge is 0.160 e. The van der Waals surface area contributed by atoms with Crippen LogP contribution in [0.4, 0.5) is 34.1 Å². The predicted octanol–water partition coefficient (Wildman–Crippen LogP) is 22.6. The lowest BCUT2D eigenvalue weighted by atomic mass is 9.67. The van der Waals surface area contributed by atoms with Crippen molar-refractivity contribution < 1.29 is 8.83 Å². The normalized spacial score (nSPS) is 13.2. The molecule has 0 atom stereocenters. The molecule has 2 aromatic heterocycles. The van der Waals surface area contributed by atoms with Crippen LogP contribution in [-0.2, 0) is 10.8 Å². The van der Waals surface area contributed by atoms with Crippen LogP contribution < -0.4 is 9.80 Å². The maximum Gasteiger partial charge on any atom is 0.160 e. The first-order valence-electron chi connectivity index (χ1n) is 29.3. The molecule has 0 aliphatic heterocycles. The number of benzene rings is 10. The molecule has 2 heterocycles. The first kappa shape index (κ1) is 51.8. The van der Waals surface area contributed by atoms with Crippen molar-refractivity contribution in [2.75, 3.05) is 9.80 Å². The zero-order valence-corrected chi connectivity index (χ0v) is 48.7. The fraction of sp³-hybridized carbons (Fsp3) is 0.221. The van der Waals surface area contributed by atoms with Crippen LogP contribution in [0.1, 0.15) is 150 Å². The molecule has 0 saturated heterocycles. The minimum atomic E-state index is -0.879. The Balaban J connectivity index is 1.24. The Bertz CT molecular complexity index is 4140. The molecule has 13 rings (SSSR count). The highest BCUT2D eigenvalue weighted by Gasteiger charge is 2.50. The van der Waals surface area contributed by atoms with E-state index < -0.39 is 5.41 Å². The van der Waals surface area contributed by atoms with Gasteiger partial charge in [-0.05, 0) is 158 Å². The van der Waals surface area contributed by atoms with Crippen molar-refractivity contribution in [1.29, 1.82) is 0 Å². The lowest BCUT2D eigenvalue weighted by Crippen LogP contribution is -2.29. The third-order valence-corrected chi connectivity index (χ3v) is 17.4. The molecule has 0 N–H and O–H groups in total. The Hall–Kier alpha value is -8.60. The highest BCUT2D eigenvalue weighted by Crippen LogP contribution is 2.64. The Morgan fingerprint density at radius 1 is 0.358 bits per heavy atom. The van der Waals surface area contributed by atoms with E-state index in [4.69, 9.17) is 8.83 Å². The largest absolute Gasteiger partial charge is 0.455 e. The number of furan rings is 2. The molecule has 0 amide bonds. The van der Waals surface area contributed by atoms with Crippen LogP contribution >= 0.6 is 0 Å². The summed E-state index contributed by atoms with van der Waals surface area (Å²) < 4.78 is 15.1. The molecule has 4 heteroatoms. The lowest BCUT2D eigenvalue weighted by Gasteiger charge is -2.36. The van der Waals surface area contributed by atoms with Crippen LogP contribution in [0.25, 0.3) is 55.0 Å². The van der Waals surface area contributed by atoms with Crippen molar-refractivity contribution >= 4 is 78.0 Å². The van der Waals surface area contributed by atoms with Gasteiger partial charge in [-0.25, -0.2) is 0 Å². The van der Waals surface area contributed by atoms with Crippen molar-refractivity contribution in [2.24, 2.45) is 0 Å². The molecule has 0 fully saturated rings. The van der Waals surface area contributed by atoms with Crippen LogP contribution in [0.5, 0.6) is 0 Å². The number of hydrogen-bond donors (Lipinski definition) is 0. The van der Waals surface area contributed by atoms with Crippen LogP contribution in [0.2, 0.25) is 0 Å². The summed E-state index contributed by atoms with van der Waals surface area (Å²) in [5.74, 6) is 1.52. The molecule has 402 valence electrons. The van der Waals surface area contributed by atoms with Gasteiger partial charge >= 0.3 is 0 Å². The van der Waals surface area contributed by atoms with Crippen molar-refractivity contribution in [3.05, 3.63) is 262 Å². The summed E-state index contributed by atoms with van der Waals surface area (Å²) in [4.78, 5) is 4.93. The fourth-order valence-corrected chi connectivity index (χ4v) is 12.9. The van der Waals surface area contributed by atoms with Crippen LogP contribution in [-0.4, -0.2) is 0 Å². The topological polar surface area (TPSA) is 32.8 Å². The van der Waals surface area contributed by atoms with E-state index >= 15 is 0 Å². The Labute approximate surface area is 478 Å². The molecule has 4 nitrogen and oxygen atoms in total. The molecule has 0 bridgehead atoms. The predicted molar refractivity (Wildman–Crippen MR) is 343 cm³/mol. The minimum absolute atomic E-state index is 0.121. The van der Waals surface area contributed by atoms with E-state index in [1.165, 1.54) is 27.8 Å². The summed E-state index contributed by atoms with van der Waals surface area (Å²) in [6, 6.07) is 79.7. The van der Waals surface area contributed by atoms with E-state index in [1.54, 1.807) is 0 Å². The molecule has 0 unspecified atom stereocenters. The molecule has 1 aliphatic carbocycles. The third-order valence-electron chi connectivity index (χ3n) is 17.4. The van der Waals surface area contributed by atoms with Crippen molar-refractivity contribution in [2.45, 2.75) is 111 Å². The standard InChI is InChI=1S/C77H72N2O2/c1-47(2)51-26-35-58(36-27-51)78(59-37-28-52(29-38-59)48(3)4)66-45-65-73(75-70(66)63-44-57(76(9,10)11)34-43-69(63)81-75)72-64(77(65,55-20-14-12-15-21-55)56-22-16-13-17-23-56)46-67(74-71(72)62-24-18-19-25-68(62)80-74)79(60-39-30-53(31-40-60)49(5)6)61-41-32-54(33-42-61)50(7)8/h12-50H,1-11H3. The van der Waals surface area contributed by atoms with Gasteiger partial charge in [0.25, 0.3) is 0 Å². The first-order valence-corrected chi connectivity index (χ1v) is 29.3. The quantitative estimate of drug-likeness (QED) is 0.122. The average Bonchev–Trinajstić information content (AvgIpc) is 2.37. The molecule has 0 saturated carbocycles. The van der Waals surface area contributed by atoms with Gasteiger partial charge in [0.2, 0.25) is 0 Å². The molecule has 1 aliphatic rings. The van der Waals surface area contributed by atoms with E-state index in [2.05, 4.69) is 298 Å². The van der Waals surface area contributed by atoms with Crippen LogP contribution in [0, 0.1) is 0 Å². The molecule has 81 heavy (non-hydrogen) atoms. The van der Waals surface area contributed by atoms with Gasteiger partial charge in [-0.2, -0.15) is 0 Å². The number of fused-ring (bicyclic) bond motifs is 11. The Morgan fingerprint density at radius 2 is 0.753 bits per heavy atom. The minimum Gasteiger partial charge on any atom is -0.455 e. The maximum absolute atomic E-state index is 7.70. The van der Waals surface area contributed by atoms with Gasteiger partial charge in [0.15, 0.2) is 5.58 Å². The van der Waals surface area contributed by atoms with Gasteiger partial charge < -0.3 is 18.6 Å². The third kappa shape index (κ3) is 8.48. The second kappa shape index (κ2) is 19.9. The zero-order valence-electron chi connectivity index (χ0n) is 48.7. The highest BCUT2D eigenvalue weighted by molar-refractivity contribution is 6.26. The lowest BCUT2D eigenvalue weighted by molar-refractivity contribution is 0.590. The summed E-state index contributed by atoms with van der Waals surface area (Å²) in [6.45, 7) is 25.0. The summed E-state index contributed by atoms with van der Waals surface area (Å²) >= 11 is 0. The van der Waals surface area contributed by atoms with E-state index in [1.807, 2.05) is 0 Å².